The zero-order valence-electron chi connectivity index (χ0n) is 14.5. The molecule has 28 heavy (non-hydrogen) atoms. The molecule has 0 spiro atoms. The predicted molar refractivity (Wildman–Crippen MR) is 96.6 cm³/mol. The van der Waals surface area contributed by atoms with Crippen molar-refractivity contribution in [3.05, 3.63) is 60.2 Å². The first-order valence-electron chi connectivity index (χ1n) is 8.59. The Bertz CT molecular complexity index is 987. The Labute approximate surface area is 157 Å². The SMILES string of the molecule is Fc1cccc(C(F)(F)F)c1Nc1cc(-c2cccnc2)nc(NC2CC2)n1. The van der Waals surface area contributed by atoms with Crippen LogP contribution < -0.4 is 10.6 Å². The summed E-state index contributed by atoms with van der Waals surface area (Å²) in [5.74, 6) is -0.711. The van der Waals surface area contributed by atoms with Crippen LogP contribution in [-0.4, -0.2) is 21.0 Å². The number of aromatic nitrogens is 3. The van der Waals surface area contributed by atoms with Crippen LogP contribution in [0.4, 0.5) is 35.0 Å². The van der Waals surface area contributed by atoms with Crippen LogP contribution in [0.1, 0.15) is 18.4 Å². The topological polar surface area (TPSA) is 62.7 Å². The van der Waals surface area contributed by atoms with Crippen molar-refractivity contribution in [3.63, 3.8) is 0 Å². The van der Waals surface area contributed by atoms with E-state index in [1.165, 1.54) is 6.07 Å². The van der Waals surface area contributed by atoms with Crippen molar-refractivity contribution in [2.75, 3.05) is 10.6 Å². The van der Waals surface area contributed by atoms with Gasteiger partial charge in [0.1, 0.15) is 11.6 Å². The van der Waals surface area contributed by atoms with Crippen LogP contribution in [-0.2, 0) is 6.18 Å². The zero-order chi connectivity index (χ0) is 19.7. The van der Waals surface area contributed by atoms with Crippen molar-refractivity contribution in [1.82, 2.24) is 15.0 Å². The van der Waals surface area contributed by atoms with Gasteiger partial charge >= 0.3 is 6.18 Å². The molecule has 2 aromatic heterocycles. The molecule has 5 nitrogen and oxygen atoms in total. The predicted octanol–water partition coefficient (Wildman–Crippen LogP) is 5.01. The summed E-state index contributed by atoms with van der Waals surface area (Å²) >= 11 is 0. The quantitative estimate of drug-likeness (QED) is 0.601. The van der Waals surface area contributed by atoms with Crippen LogP contribution in [0.15, 0.2) is 48.8 Å². The third-order valence-electron chi connectivity index (χ3n) is 4.17. The monoisotopic (exact) mass is 389 g/mol. The Kier molecular flexibility index (Phi) is 4.58. The second-order valence-electron chi connectivity index (χ2n) is 6.41. The summed E-state index contributed by atoms with van der Waals surface area (Å²) in [7, 11) is 0. The van der Waals surface area contributed by atoms with Crippen molar-refractivity contribution in [2.45, 2.75) is 25.1 Å². The Morgan fingerprint density at radius 3 is 2.54 bits per heavy atom. The van der Waals surface area contributed by atoms with E-state index in [0.717, 1.165) is 31.0 Å². The highest BCUT2D eigenvalue weighted by Gasteiger charge is 2.35. The molecule has 0 bridgehead atoms. The summed E-state index contributed by atoms with van der Waals surface area (Å²) in [5.41, 5.74) is -0.663. The molecule has 0 aliphatic heterocycles. The first-order valence-corrected chi connectivity index (χ1v) is 8.59. The molecule has 3 aromatic rings. The maximum absolute atomic E-state index is 14.2. The lowest BCUT2D eigenvalue weighted by atomic mass is 10.1. The molecule has 9 heteroatoms. The summed E-state index contributed by atoms with van der Waals surface area (Å²) in [6.07, 6.45) is 0.404. The number of anilines is 3. The van der Waals surface area contributed by atoms with Gasteiger partial charge in [-0.15, -0.1) is 0 Å². The number of nitrogens with one attached hydrogen (secondary N) is 2. The number of nitrogens with zero attached hydrogens (tertiary/aromatic N) is 3. The number of rotatable bonds is 5. The molecule has 1 aromatic carbocycles. The molecule has 1 saturated carbocycles. The van der Waals surface area contributed by atoms with Gasteiger partial charge in [0.15, 0.2) is 0 Å². The molecule has 0 amide bonds. The Morgan fingerprint density at radius 1 is 1.04 bits per heavy atom. The number of pyridine rings is 1. The van der Waals surface area contributed by atoms with E-state index < -0.39 is 23.2 Å². The van der Waals surface area contributed by atoms with Crippen LogP contribution >= 0.6 is 0 Å². The maximum atomic E-state index is 14.2. The van der Waals surface area contributed by atoms with E-state index >= 15 is 0 Å². The standard InChI is InChI=1S/C19H15F4N5/c20-14-5-1-4-13(19(21,22)23)17(14)27-16-9-15(11-3-2-8-24-10-11)26-18(28-16)25-12-6-7-12/h1-5,8-10,12H,6-7H2,(H2,25,26,27,28). The van der Waals surface area contributed by atoms with Crippen LogP contribution in [0.3, 0.4) is 0 Å². The molecular weight excluding hydrogens is 374 g/mol. The highest BCUT2D eigenvalue weighted by atomic mass is 19.4. The fourth-order valence-electron chi connectivity index (χ4n) is 2.66. The van der Waals surface area contributed by atoms with E-state index in [4.69, 9.17) is 0 Å². The Morgan fingerprint density at radius 2 is 1.86 bits per heavy atom. The third kappa shape index (κ3) is 4.03. The van der Waals surface area contributed by atoms with Gasteiger partial charge in [0.25, 0.3) is 0 Å². The minimum atomic E-state index is -4.71. The van der Waals surface area contributed by atoms with E-state index in [1.54, 1.807) is 24.5 Å². The second-order valence-corrected chi connectivity index (χ2v) is 6.41. The van der Waals surface area contributed by atoms with E-state index in [2.05, 4.69) is 25.6 Å². The normalized spacial score (nSPS) is 14.0. The summed E-state index contributed by atoms with van der Waals surface area (Å²) in [5, 5.41) is 5.60. The number of para-hydroxylation sites is 1. The molecule has 0 atom stereocenters. The third-order valence-corrected chi connectivity index (χ3v) is 4.17. The van der Waals surface area contributed by atoms with E-state index in [1.807, 2.05) is 0 Å². The number of benzene rings is 1. The van der Waals surface area contributed by atoms with Crippen LogP contribution in [0, 0.1) is 5.82 Å². The molecule has 2 heterocycles. The highest BCUT2D eigenvalue weighted by molar-refractivity contribution is 5.69. The molecule has 0 radical (unpaired) electrons. The molecular formula is C19H15F4N5. The van der Waals surface area contributed by atoms with Crippen molar-refractivity contribution < 1.29 is 17.6 Å². The summed E-state index contributed by atoms with van der Waals surface area (Å²) < 4.78 is 54.0. The fourth-order valence-corrected chi connectivity index (χ4v) is 2.66. The van der Waals surface area contributed by atoms with Gasteiger partial charge in [0, 0.05) is 30.1 Å². The number of alkyl halides is 3. The van der Waals surface area contributed by atoms with E-state index in [-0.39, 0.29) is 17.8 Å². The van der Waals surface area contributed by atoms with Gasteiger partial charge in [-0.2, -0.15) is 18.2 Å². The molecule has 0 saturated heterocycles. The zero-order valence-corrected chi connectivity index (χ0v) is 14.5. The van der Waals surface area contributed by atoms with Crippen LogP contribution in [0.2, 0.25) is 0 Å². The molecule has 1 aliphatic rings. The first kappa shape index (κ1) is 18.1. The second kappa shape index (κ2) is 7.06. The summed E-state index contributed by atoms with van der Waals surface area (Å²) in [4.78, 5) is 12.6. The molecule has 2 N–H and O–H groups in total. The average Bonchev–Trinajstić information content (AvgIpc) is 3.47. The minimum Gasteiger partial charge on any atom is -0.351 e. The summed E-state index contributed by atoms with van der Waals surface area (Å²) in [6.45, 7) is 0. The molecule has 144 valence electrons. The van der Waals surface area contributed by atoms with Gasteiger partial charge in [-0.1, -0.05) is 6.07 Å². The minimum absolute atomic E-state index is 0.0487. The van der Waals surface area contributed by atoms with Crippen molar-refractivity contribution in [3.8, 4) is 11.3 Å². The van der Waals surface area contributed by atoms with Crippen molar-refractivity contribution in [2.24, 2.45) is 0 Å². The van der Waals surface area contributed by atoms with E-state index in [0.29, 0.717) is 11.3 Å². The number of hydrogen-bond donors (Lipinski definition) is 2. The van der Waals surface area contributed by atoms with Gasteiger partial charge in [-0.25, -0.2) is 9.37 Å². The first-order chi connectivity index (χ1) is 13.4. The summed E-state index contributed by atoms with van der Waals surface area (Å²) in [6, 6.07) is 7.98. The molecule has 0 unspecified atom stereocenters. The van der Waals surface area contributed by atoms with Crippen LogP contribution in [0.5, 0.6) is 0 Å². The number of halogens is 4. The molecule has 4 rings (SSSR count). The highest BCUT2D eigenvalue weighted by Crippen LogP contribution is 2.37. The fraction of sp³-hybridized carbons (Fsp3) is 0.211. The van der Waals surface area contributed by atoms with Gasteiger partial charge < -0.3 is 10.6 Å². The van der Waals surface area contributed by atoms with Crippen molar-refractivity contribution in [1.29, 1.82) is 0 Å². The largest absolute Gasteiger partial charge is 0.418 e. The lowest BCUT2D eigenvalue weighted by Crippen LogP contribution is -2.12. The maximum Gasteiger partial charge on any atom is 0.418 e. The van der Waals surface area contributed by atoms with Gasteiger partial charge in [-0.05, 0) is 37.1 Å². The Hall–Kier alpha value is -3.23. The number of hydrogen-bond acceptors (Lipinski definition) is 5. The molecule has 1 aliphatic carbocycles. The van der Waals surface area contributed by atoms with Gasteiger partial charge in [0.2, 0.25) is 5.95 Å². The van der Waals surface area contributed by atoms with E-state index in [9.17, 15) is 17.6 Å². The lowest BCUT2D eigenvalue weighted by molar-refractivity contribution is -0.137. The van der Waals surface area contributed by atoms with Crippen LogP contribution in [0.25, 0.3) is 11.3 Å². The molecule has 1 fully saturated rings. The van der Waals surface area contributed by atoms with Crippen molar-refractivity contribution >= 4 is 17.5 Å². The lowest BCUT2D eigenvalue weighted by Gasteiger charge is -2.16. The average molecular weight is 389 g/mol. The van der Waals surface area contributed by atoms with Gasteiger partial charge in [-0.3, -0.25) is 4.98 Å². The van der Waals surface area contributed by atoms with Gasteiger partial charge in [0.05, 0.1) is 16.9 Å². The Balaban J connectivity index is 1.76. The smallest absolute Gasteiger partial charge is 0.351 e.